The van der Waals surface area contributed by atoms with Crippen LogP contribution in [0.3, 0.4) is 0 Å². The Morgan fingerprint density at radius 1 is 1.12 bits per heavy atom. The summed E-state index contributed by atoms with van der Waals surface area (Å²) in [4.78, 5) is 12.2. The molecule has 0 atom stereocenters. The topological polar surface area (TPSA) is 84.5 Å². The minimum Gasteiger partial charge on any atom is -0.492 e. The van der Waals surface area contributed by atoms with Gasteiger partial charge in [-0.05, 0) is 49.2 Å². The molecule has 0 aromatic heterocycles. The summed E-state index contributed by atoms with van der Waals surface area (Å²) in [6.45, 7) is 4.25. The van der Waals surface area contributed by atoms with Crippen LogP contribution in [-0.4, -0.2) is 33.7 Å². The second-order valence-corrected chi connectivity index (χ2v) is 8.07. The van der Waals surface area contributed by atoms with Crippen molar-refractivity contribution < 1.29 is 17.9 Å². The van der Waals surface area contributed by atoms with Crippen molar-refractivity contribution in [3.8, 4) is 5.75 Å². The van der Waals surface area contributed by atoms with Crippen LogP contribution in [0.25, 0.3) is 0 Å². The zero-order valence-corrected chi connectivity index (χ0v) is 16.4. The molecule has 2 N–H and O–H groups in total. The van der Waals surface area contributed by atoms with Gasteiger partial charge in [0.25, 0.3) is 5.91 Å². The van der Waals surface area contributed by atoms with E-state index in [-0.39, 0.29) is 12.5 Å². The first-order chi connectivity index (χ1) is 12.2. The lowest BCUT2D eigenvalue weighted by molar-refractivity contribution is 0.0947. The first-order valence-corrected chi connectivity index (χ1v) is 10.2. The molecule has 0 radical (unpaired) electrons. The fourth-order valence-electron chi connectivity index (χ4n) is 2.17. The standard InChI is InChI=1S/C18H21ClN2O4S/c1-12-5-7-15(11-16(12)19)25-9-8-20-18(22)14-6-4-13(2)17(10-14)21-26(3,23)24/h4-7,10-11,21H,8-9H2,1-3H3,(H,20,22). The van der Waals surface area contributed by atoms with Crippen LogP contribution in [0.15, 0.2) is 36.4 Å². The SMILES string of the molecule is Cc1ccc(OCCNC(=O)c2ccc(C)c(NS(C)(=O)=O)c2)cc1Cl. The minimum atomic E-state index is -3.41. The minimum absolute atomic E-state index is 0.283. The lowest BCUT2D eigenvalue weighted by atomic mass is 10.1. The van der Waals surface area contributed by atoms with Gasteiger partial charge in [-0.15, -0.1) is 0 Å². The van der Waals surface area contributed by atoms with Crippen LogP contribution in [0.4, 0.5) is 5.69 Å². The maximum Gasteiger partial charge on any atom is 0.251 e. The van der Waals surface area contributed by atoms with Gasteiger partial charge in [-0.1, -0.05) is 23.7 Å². The van der Waals surface area contributed by atoms with Crippen molar-refractivity contribution in [1.29, 1.82) is 0 Å². The molecule has 0 aliphatic rings. The molecular formula is C18H21ClN2O4S. The molecule has 0 saturated carbocycles. The Hall–Kier alpha value is -2.25. The third-order valence-corrected chi connectivity index (χ3v) is 4.59. The van der Waals surface area contributed by atoms with Crippen molar-refractivity contribution in [1.82, 2.24) is 5.32 Å². The van der Waals surface area contributed by atoms with Crippen molar-refractivity contribution >= 4 is 33.2 Å². The number of nitrogens with one attached hydrogen (secondary N) is 2. The van der Waals surface area contributed by atoms with E-state index in [0.717, 1.165) is 17.4 Å². The zero-order valence-electron chi connectivity index (χ0n) is 14.8. The number of hydrogen-bond donors (Lipinski definition) is 2. The molecule has 0 fully saturated rings. The van der Waals surface area contributed by atoms with Gasteiger partial charge in [0.1, 0.15) is 12.4 Å². The van der Waals surface area contributed by atoms with Crippen LogP contribution in [0.2, 0.25) is 5.02 Å². The van der Waals surface area contributed by atoms with Crippen molar-refractivity contribution in [2.45, 2.75) is 13.8 Å². The Morgan fingerprint density at radius 3 is 2.46 bits per heavy atom. The van der Waals surface area contributed by atoms with Crippen LogP contribution in [0.1, 0.15) is 21.5 Å². The summed E-state index contributed by atoms with van der Waals surface area (Å²) < 4.78 is 30.7. The summed E-state index contributed by atoms with van der Waals surface area (Å²) in [5, 5.41) is 3.35. The third-order valence-electron chi connectivity index (χ3n) is 3.59. The van der Waals surface area contributed by atoms with Gasteiger partial charge in [0.05, 0.1) is 18.5 Å². The average Bonchev–Trinajstić information content (AvgIpc) is 2.55. The van der Waals surface area contributed by atoms with Crippen LogP contribution in [0.5, 0.6) is 5.75 Å². The van der Waals surface area contributed by atoms with Crippen molar-refractivity contribution in [2.75, 3.05) is 24.1 Å². The van der Waals surface area contributed by atoms with Crippen LogP contribution < -0.4 is 14.8 Å². The highest BCUT2D eigenvalue weighted by Crippen LogP contribution is 2.21. The molecule has 0 aliphatic heterocycles. The molecule has 0 unspecified atom stereocenters. The summed E-state index contributed by atoms with van der Waals surface area (Å²) >= 11 is 6.03. The Balaban J connectivity index is 1.91. The van der Waals surface area contributed by atoms with Crippen LogP contribution in [-0.2, 0) is 10.0 Å². The van der Waals surface area contributed by atoms with E-state index < -0.39 is 10.0 Å². The van der Waals surface area contributed by atoms with E-state index in [1.807, 2.05) is 19.1 Å². The molecule has 1 amide bonds. The van der Waals surface area contributed by atoms with Crippen molar-refractivity contribution in [2.24, 2.45) is 0 Å². The number of carbonyl (C=O) groups is 1. The fraction of sp³-hybridized carbons (Fsp3) is 0.278. The number of hydrogen-bond acceptors (Lipinski definition) is 4. The Morgan fingerprint density at radius 2 is 1.81 bits per heavy atom. The number of rotatable bonds is 7. The number of sulfonamides is 1. The van der Waals surface area contributed by atoms with Crippen LogP contribution in [0, 0.1) is 13.8 Å². The maximum absolute atomic E-state index is 12.2. The largest absolute Gasteiger partial charge is 0.492 e. The summed E-state index contributed by atoms with van der Waals surface area (Å²) in [5.74, 6) is 0.317. The normalized spacial score (nSPS) is 11.1. The second-order valence-electron chi connectivity index (χ2n) is 5.92. The molecule has 0 bridgehead atoms. The Bertz CT molecular complexity index is 913. The smallest absolute Gasteiger partial charge is 0.251 e. The Kier molecular flexibility index (Phi) is 6.50. The average molecular weight is 397 g/mol. The molecule has 6 nitrogen and oxygen atoms in total. The Labute approximate surface area is 158 Å². The van der Waals surface area contributed by atoms with Crippen molar-refractivity contribution in [3.05, 3.63) is 58.1 Å². The zero-order chi connectivity index (χ0) is 19.3. The predicted molar refractivity (Wildman–Crippen MR) is 104 cm³/mol. The van der Waals surface area contributed by atoms with Gasteiger partial charge in [-0.25, -0.2) is 8.42 Å². The summed E-state index contributed by atoms with van der Waals surface area (Å²) in [6, 6.07) is 10.2. The molecule has 26 heavy (non-hydrogen) atoms. The van der Waals surface area contributed by atoms with E-state index in [1.165, 1.54) is 6.07 Å². The number of ether oxygens (including phenoxy) is 1. The van der Waals surface area contributed by atoms with Gasteiger partial charge in [0.2, 0.25) is 10.0 Å². The number of halogens is 1. The van der Waals surface area contributed by atoms with Crippen LogP contribution >= 0.6 is 11.6 Å². The number of amides is 1. The summed E-state index contributed by atoms with van der Waals surface area (Å²) in [6.07, 6.45) is 1.06. The molecule has 140 valence electrons. The summed E-state index contributed by atoms with van der Waals surface area (Å²) in [7, 11) is -3.41. The maximum atomic E-state index is 12.2. The number of anilines is 1. The van der Waals surface area contributed by atoms with E-state index in [0.29, 0.717) is 28.6 Å². The lowest BCUT2D eigenvalue weighted by Gasteiger charge is -2.11. The number of aryl methyl sites for hydroxylation is 2. The molecule has 2 aromatic rings. The van der Waals surface area contributed by atoms with Crippen molar-refractivity contribution in [3.63, 3.8) is 0 Å². The molecule has 8 heteroatoms. The molecule has 0 spiro atoms. The molecular weight excluding hydrogens is 376 g/mol. The molecule has 2 aromatic carbocycles. The van der Waals surface area contributed by atoms with Gasteiger partial charge in [0.15, 0.2) is 0 Å². The lowest BCUT2D eigenvalue weighted by Crippen LogP contribution is -2.28. The highest BCUT2D eigenvalue weighted by molar-refractivity contribution is 7.92. The number of benzene rings is 2. The van der Waals surface area contributed by atoms with Gasteiger partial charge >= 0.3 is 0 Å². The van der Waals surface area contributed by atoms with Gasteiger partial charge < -0.3 is 10.1 Å². The highest BCUT2D eigenvalue weighted by Gasteiger charge is 2.10. The number of carbonyl (C=O) groups excluding carboxylic acids is 1. The van der Waals surface area contributed by atoms with E-state index in [2.05, 4.69) is 10.0 Å². The fourth-order valence-corrected chi connectivity index (χ4v) is 2.96. The quantitative estimate of drug-likeness (QED) is 0.704. The predicted octanol–water partition coefficient (Wildman–Crippen LogP) is 3.14. The molecule has 0 aliphatic carbocycles. The molecule has 2 rings (SSSR count). The summed E-state index contributed by atoms with van der Waals surface area (Å²) in [5.41, 5.74) is 2.43. The van der Waals surface area contributed by atoms with E-state index in [1.54, 1.807) is 25.1 Å². The van der Waals surface area contributed by atoms with Gasteiger partial charge in [-0.2, -0.15) is 0 Å². The van der Waals surface area contributed by atoms with Gasteiger partial charge in [-0.3, -0.25) is 9.52 Å². The third kappa shape index (κ3) is 5.93. The second kappa shape index (κ2) is 8.42. The van der Waals surface area contributed by atoms with E-state index in [4.69, 9.17) is 16.3 Å². The first-order valence-electron chi connectivity index (χ1n) is 7.91. The monoisotopic (exact) mass is 396 g/mol. The van der Waals surface area contributed by atoms with Gasteiger partial charge in [0, 0.05) is 10.6 Å². The van der Waals surface area contributed by atoms with E-state index >= 15 is 0 Å². The molecule has 0 heterocycles. The van der Waals surface area contributed by atoms with E-state index in [9.17, 15) is 13.2 Å². The first kappa shape index (κ1) is 20.1. The molecule has 0 saturated heterocycles. The highest BCUT2D eigenvalue weighted by atomic mass is 35.5.